The van der Waals surface area contributed by atoms with E-state index in [0.29, 0.717) is 35.8 Å². The molecule has 0 atom stereocenters. The molecule has 2 aromatic carbocycles. The molecule has 0 amide bonds. The highest BCUT2D eigenvalue weighted by Gasteiger charge is 2.30. The van der Waals surface area contributed by atoms with Crippen molar-refractivity contribution in [3.8, 4) is 22.6 Å². The standard InChI is InChI=1S/C16H16F3NO2.ClH/c1-21-15-10-12(5-6-14(15)22-8-7-20)11-3-2-4-13(9-11)16(17,18)19;/h2-6,9-10H,7-8,20H2,1H3;1H. The quantitative estimate of drug-likeness (QED) is 0.884. The number of hydrogen-bond donors (Lipinski definition) is 1. The number of nitrogens with two attached hydrogens (primary N) is 1. The molecule has 0 saturated heterocycles. The fourth-order valence-corrected chi connectivity index (χ4v) is 2.01. The summed E-state index contributed by atoms with van der Waals surface area (Å²) in [7, 11) is 1.47. The lowest BCUT2D eigenvalue weighted by molar-refractivity contribution is -0.137. The second-order valence-electron chi connectivity index (χ2n) is 4.58. The van der Waals surface area contributed by atoms with E-state index in [1.165, 1.54) is 13.2 Å². The van der Waals surface area contributed by atoms with Crippen molar-refractivity contribution >= 4 is 12.4 Å². The maximum absolute atomic E-state index is 12.8. The van der Waals surface area contributed by atoms with Gasteiger partial charge in [-0.25, -0.2) is 0 Å². The fourth-order valence-electron chi connectivity index (χ4n) is 2.01. The zero-order chi connectivity index (χ0) is 16.2. The summed E-state index contributed by atoms with van der Waals surface area (Å²) in [6, 6.07) is 10.1. The van der Waals surface area contributed by atoms with Crippen LogP contribution < -0.4 is 15.2 Å². The van der Waals surface area contributed by atoms with E-state index in [2.05, 4.69) is 0 Å². The fraction of sp³-hybridized carbons (Fsp3) is 0.250. The molecular formula is C16H17ClF3NO2. The number of rotatable bonds is 5. The Balaban J connectivity index is 0.00000264. The van der Waals surface area contributed by atoms with Gasteiger partial charge in [-0.2, -0.15) is 13.2 Å². The van der Waals surface area contributed by atoms with Gasteiger partial charge in [0.25, 0.3) is 0 Å². The van der Waals surface area contributed by atoms with Crippen LogP contribution in [0.25, 0.3) is 11.1 Å². The number of methoxy groups -OCH3 is 1. The van der Waals surface area contributed by atoms with Crippen LogP contribution in [0, 0.1) is 0 Å². The molecule has 0 bridgehead atoms. The van der Waals surface area contributed by atoms with E-state index < -0.39 is 11.7 Å². The molecule has 0 aromatic heterocycles. The van der Waals surface area contributed by atoms with Crippen molar-refractivity contribution in [2.75, 3.05) is 20.3 Å². The molecule has 3 nitrogen and oxygen atoms in total. The minimum Gasteiger partial charge on any atom is -0.493 e. The van der Waals surface area contributed by atoms with Gasteiger partial charge in [0.05, 0.1) is 12.7 Å². The van der Waals surface area contributed by atoms with Crippen molar-refractivity contribution in [2.24, 2.45) is 5.73 Å². The molecule has 0 aliphatic heterocycles. The molecule has 2 aromatic rings. The highest BCUT2D eigenvalue weighted by molar-refractivity contribution is 5.85. The molecule has 2 N–H and O–H groups in total. The molecule has 0 aliphatic carbocycles. The normalized spacial score (nSPS) is 10.8. The molecule has 0 heterocycles. The van der Waals surface area contributed by atoms with Crippen molar-refractivity contribution in [1.29, 1.82) is 0 Å². The Kier molecular flexibility index (Phi) is 6.72. The number of benzene rings is 2. The van der Waals surface area contributed by atoms with Gasteiger partial charge >= 0.3 is 6.18 Å². The summed E-state index contributed by atoms with van der Waals surface area (Å²) in [5.41, 5.74) is 5.76. The molecule has 0 spiro atoms. The second kappa shape index (κ2) is 8.08. The first-order valence-electron chi connectivity index (χ1n) is 6.64. The monoisotopic (exact) mass is 347 g/mol. The lowest BCUT2D eigenvalue weighted by Gasteiger charge is -2.13. The maximum atomic E-state index is 12.8. The molecular weight excluding hydrogens is 331 g/mol. The first-order chi connectivity index (χ1) is 10.5. The van der Waals surface area contributed by atoms with Gasteiger partial charge in [-0.15, -0.1) is 12.4 Å². The van der Waals surface area contributed by atoms with Crippen LogP contribution in [0.1, 0.15) is 5.56 Å². The summed E-state index contributed by atoms with van der Waals surface area (Å²) in [6.45, 7) is 0.692. The molecule has 126 valence electrons. The summed E-state index contributed by atoms with van der Waals surface area (Å²) >= 11 is 0. The van der Waals surface area contributed by atoms with Crippen LogP contribution in [-0.4, -0.2) is 20.3 Å². The third kappa shape index (κ3) is 4.77. The van der Waals surface area contributed by atoms with Crippen molar-refractivity contribution in [2.45, 2.75) is 6.18 Å². The Morgan fingerprint density at radius 3 is 2.30 bits per heavy atom. The van der Waals surface area contributed by atoms with Gasteiger partial charge in [0.15, 0.2) is 11.5 Å². The van der Waals surface area contributed by atoms with Gasteiger partial charge in [-0.1, -0.05) is 18.2 Å². The molecule has 23 heavy (non-hydrogen) atoms. The van der Waals surface area contributed by atoms with Crippen LogP contribution in [0.15, 0.2) is 42.5 Å². The number of ether oxygens (including phenoxy) is 2. The van der Waals surface area contributed by atoms with E-state index in [1.54, 1.807) is 24.3 Å². The average molecular weight is 348 g/mol. The van der Waals surface area contributed by atoms with E-state index in [1.807, 2.05) is 0 Å². The largest absolute Gasteiger partial charge is 0.493 e. The van der Waals surface area contributed by atoms with Gasteiger partial charge in [-0.3, -0.25) is 0 Å². The Morgan fingerprint density at radius 2 is 1.70 bits per heavy atom. The van der Waals surface area contributed by atoms with Crippen LogP contribution >= 0.6 is 12.4 Å². The third-order valence-corrected chi connectivity index (χ3v) is 3.06. The van der Waals surface area contributed by atoms with Gasteiger partial charge in [-0.05, 0) is 35.4 Å². The summed E-state index contributed by atoms with van der Waals surface area (Å²) < 4.78 is 49.0. The van der Waals surface area contributed by atoms with Gasteiger partial charge in [0.2, 0.25) is 0 Å². The zero-order valence-corrected chi connectivity index (χ0v) is 13.2. The summed E-state index contributed by atoms with van der Waals surface area (Å²) in [5.74, 6) is 0.951. The minimum absolute atomic E-state index is 0. The Bertz CT molecular complexity index is 647. The Hall–Kier alpha value is -1.92. The number of halogens is 4. The lowest BCUT2D eigenvalue weighted by atomic mass is 10.0. The Morgan fingerprint density at radius 1 is 1.00 bits per heavy atom. The van der Waals surface area contributed by atoms with Crippen LogP contribution in [-0.2, 0) is 6.18 Å². The SMILES string of the molecule is COc1cc(-c2cccc(C(F)(F)F)c2)ccc1OCCN.Cl. The predicted octanol–water partition coefficient (Wildman–Crippen LogP) is 4.14. The van der Waals surface area contributed by atoms with Crippen LogP contribution in [0.3, 0.4) is 0 Å². The van der Waals surface area contributed by atoms with Gasteiger partial charge in [0, 0.05) is 6.54 Å². The summed E-state index contributed by atoms with van der Waals surface area (Å²) in [5, 5.41) is 0. The van der Waals surface area contributed by atoms with E-state index in [0.717, 1.165) is 12.1 Å². The van der Waals surface area contributed by atoms with E-state index in [4.69, 9.17) is 15.2 Å². The topological polar surface area (TPSA) is 44.5 Å². The predicted molar refractivity (Wildman–Crippen MR) is 85.2 cm³/mol. The van der Waals surface area contributed by atoms with Gasteiger partial charge in [0.1, 0.15) is 6.61 Å². The number of alkyl halides is 3. The van der Waals surface area contributed by atoms with Crippen LogP contribution in [0.4, 0.5) is 13.2 Å². The highest BCUT2D eigenvalue weighted by Crippen LogP contribution is 2.35. The second-order valence-corrected chi connectivity index (χ2v) is 4.58. The maximum Gasteiger partial charge on any atom is 0.416 e. The Labute approximate surface area is 138 Å². The van der Waals surface area contributed by atoms with Gasteiger partial charge < -0.3 is 15.2 Å². The summed E-state index contributed by atoms with van der Waals surface area (Å²) in [6.07, 6.45) is -4.37. The van der Waals surface area contributed by atoms with Crippen LogP contribution in [0.2, 0.25) is 0 Å². The molecule has 0 fully saturated rings. The molecule has 0 aliphatic rings. The lowest BCUT2D eigenvalue weighted by Crippen LogP contribution is -2.11. The first kappa shape index (κ1) is 19.1. The average Bonchev–Trinajstić information content (AvgIpc) is 2.52. The van der Waals surface area contributed by atoms with E-state index in [9.17, 15) is 13.2 Å². The molecule has 0 radical (unpaired) electrons. The van der Waals surface area contributed by atoms with Crippen molar-refractivity contribution < 1.29 is 22.6 Å². The van der Waals surface area contributed by atoms with E-state index in [-0.39, 0.29) is 12.4 Å². The van der Waals surface area contributed by atoms with Crippen LogP contribution in [0.5, 0.6) is 11.5 Å². The molecule has 0 saturated carbocycles. The first-order valence-corrected chi connectivity index (χ1v) is 6.64. The third-order valence-electron chi connectivity index (χ3n) is 3.06. The van der Waals surface area contributed by atoms with Crippen molar-refractivity contribution in [3.63, 3.8) is 0 Å². The molecule has 7 heteroatoms. The van der Waals surface area contributed by atoms with Crippen molar-refractivity contribution in [3.05, 3.63) is 48.0 Å². The minimum atomic E-state index is -4.37. The van der Waals surface area contributed by atoms with E-state index >= 15 is 0 Å². The zero-order valence-electron chi connectivity index (χ0n) is 12.4. The van der Waals surface area contributed by atoms with Crippen molar-refractivity contribution in [1.82, 2.24) is 0 Å². The number of hydrogen-bond acceptors (Lipinski definition) is 3. The molecule has 2 rings (SSSR count). The molecule has 0 unspecified atom stereocenters. The highest BCUT2D eigenvalue weighted by atomic mass is 35.5. The smallest absolute Gasteiger partial charge is 0.416 e. The summed E-state index contributed by atoms with van der Waals surface area (Å²) in [4.78, 5) is 0.